The molecule has 0 radical (unpaired) electrons. The molecule has 0 spiro atoms. The third-order valence-electron chi connectivity index (χ3n) is 6.04. The normalized spacial score (nSPS) is 29.3. The highest BCUT2D eigenvalue weighted by Crippen LogP contribution is 2.43. The molecule has 2 N–H and O–H groups in total. The van der Waals surface area contributed by atoms with Crippen LogP contribution in [0, 0.1) is 5.41 Å². The van der Waals surface area contributed by atoms with E-state index < -0.39 is 0 Å². The number of halogens is 1. The lowest BCUT2D eigenvalue weighted by Gasteiger charge is -2.40. The second kappa shape index (κ2) is 9.57. The number of nitrogens with zero attached hydrogens (tertiary/aromatic N) is 2. The maximum absolute atomic E-state index is 6.03. The van der Waals surface area contributed by atoms with Crippen molar-refractivity contribution in [2.75, 3.05) is 39.3 Å². The van der Waals surface area contributed by atoms with Crippen LogP contribution in [0.1, 0.15) is 52.4 Å². The highest BCUT2D eigenvalue weighted by Gasteiger charge is 2.35. The summed E-state index contributed by atoms with van der Waals surface area (Å²) in [6.07, 6.45) is 8.24. The van der Waals surface area contributed by atoms with Crippen molar-refractivity contribution in [1.29, 1.82) is 0 Å². The van der Waals surface area contributed by atoms with Crippen molar-refractivity contribution in [3.63, 3.8) is 0 Å². The van der Waals surface area contributed by atoms with Gasteiger partial charge in [-0.3, -0.25) is 9.89 Å². The molecule has 2 aliphatic heterocycles. The Hall–Kier alpha value is -0.0800. The van der Waals surface area contributed by atoms with Crippen LogP contribution in [-0.4, -0.2) is 62.3 Å². The first-order valence-electron chi connectivity index (χ1n) is 9.62. The van der Waals surface area contributed by atoms with Crippen LogP contribution in [0.3, 0.4) is 0 Å². The Bertz CT molecular complexity index is 408. The van der Waals surface area contributed by atoms with E-state index in [0.717, 1.165) is 38.7 Å². The Kier molecular flexibility index (Phi) is 8.07. The van der Waals surface area contributed by atoms with Gasteiger partial charge in [-0.15, -0.1) is 24.0 Å². The molecule has 2 unspecified atom stereocenters. The summed E-state index contributed by atoms with van der Waals surface area (Å²) in [5.74, 6) is 0.958. The van der Waals surface area contributed by atoms with Gasteiger partial charge in [0, 0.05) is 32.2 Å². The van der Waals surface area contributed by atoms with Crippen molar-refractivity contribution in [2.45, 2.75) is 64.5 Å². The van der Waals surface area contributed by atoms with E-state index in [1.165, 1.54) is 45.1 Å². The van der Waals surface area contributed by atoms with E-state index in [1.54, 1.807) is 0 Å². The van der Waals surface area contributed by atoms with Gasteiger partial charge in [0.05, 0.1) is 12.7 Å². The largest absolute Gasteiger partial charge is 0.373 e. The number of aliphatic imine (C=N–C) groups is 1. The van der Waals surface area contributed by atoms with Crippen molar-refractivity contribution in [2.24, 2.45) is 10.4 Å². The summed E-state index contributed by atoms with van der Waals surface area (Å²) in [5, 5.41) is 6.89. The third kappa shape index (κ3) is 4.97. The fraction of sp³-hybridized carbons (Fsp3) is 0.944. The maximum Gasteiger partial charge on any atom is 0.191 e. The highest BCUT2D eigenvalue weighted by atomic mass is 127. The molecule has 2 saturated heterocycles. The average Bonchev–Trinajstić information content (AvgIpc) is 2.99. The second-order valence-corrected chi connectivity index (χ2v) is 7.53. The van der Waals surface area contributed by atoms with Crippen LogP contribution in [-0.2, 0) is 4.74 Å². The maximum atomic E-state index is 6.03. The standard InChI is InChI=1S/C18H34N4O.HI/c1-3-18(8-6-9-18)14-21-17(19-4-2)20-11-16-12-22-10-5-7-15(22)13-23-16;/h15-16H,3-14H2,1-2H3,(H2,19,20,21);1H. The zero-order chi connectivity index (χ0) is 16.1. The van der Waals surface area contributed by atoms with Gasteiger partial charge >= 0.3 is 0 Å². The van der Waals surface area contributed by atoms with E-state index in [-0.39, 0.29) is 30.1 Å². The lowest BCUT2D eigenvalue weighted by atomic mass is 9.67. The molecule has 6 heteroatoms. The van der Waals surface area contributed by atoms with Crippen LogP contribution in [0.15, 0.2) is 4.99 Å². The van der Waals surface area contributed by atoms with Crippen LogP contribution in [0.5, 0.6) is 0 Å². The first kappa shape index (κ1) is 20.2. The van der Waals surface area contributed by atoms with Crippen molar-refractivity contribution >= 4 is 29.9 Å². The summed E-state index contributed by atoms with van der Waals surface area (Å²) in [6.45, 7) is 10.4. The zero-order valence-electron chi connectivity index (χ0n) is 15.4. The molecule has 3 rings (SSSR count). The molecule has 3 fully saturated rings. The van der Waals surface area contributed by atoms with Crippen molar-refractivity contribution < 1.29 is 4.74 Å². The first-order chi connectivity index (χ1) is 11.2. The molecule has 140 valence electrons. The number of morpholine rings is 1. The van der Waals surface area contributed by atoms with Crippen LogP contribution in [0.25, 0.3) is 0 Å². The second-order valence-electron chi connectivity index (χ2n) is 7.53. The Balaban J connectivity index is 0.00000208. The van der Waals surface area contributed by atoms with Gasteiger partial charge in [-0.1, -0.05) is 13.3 Å². The number of hydrogen-bond acceptors (Lipinski definition) is 3. The summed E-state index contributed by atoms with van der Waals surface area (Å²) in [4.78, 5) is 7.45. The molecular weight excluding hydrogens is 415 g/mol. The van der Waals surface area contributed by atoms with Crippen molar-refractivity contribution in [1.82, 2.24) is 15.5 Å². The summed E-state index contributed by atoms with van der Waals surface area (Å²) >= 11 is 0. The van der Waals surface area contributed by atoms with E-state index in [1.807, 2.05) is 0 Å². The van der Waals surface area contributed by atoms with Gasteiger partial charge in [0.1, 0.15) is 0 Å². The Morgan fingerprint density at radius 3 is 2.75 bits per heavy atom. The van der Waals surface area contributed by atoms with Crippen LogP contribution in [0.2, 0.25) is 0 Å². The van der Waals surface area contributed by atoms with E-state index in [2.05, 4.69) is 29.4 Å². The summed E-state index contributed by atoms with van der Waals surface area (Å²) in [5.41, 5.74) is 0.479. The monoisotopic (exact) mass is 450 g/mol. The number of rotatable bonds is 6. The van der Waals surface area contributed by atoms with Gasteiger partial charge in [-0.05, 0) is 51.0 Å². The van der Waals surface area contributed by atoms with Gasteiger partial charge in [-0.2, -0.15) is 0 Å². The molecule has 0 aromatic heterocycles. The van der Waals surface area contributed by atoms with Gasteiger partial charge in [0.15, 0.2) is 5.96 Å². The smallest absolute Gasteiger partial charge is 0.191 e. The third-order valence-corrected chi connectivity index (χ3v) is 6.04. The minimum atomic E-state index is 0. The summed E-state index contributed by atoms with van der Waals surface area (Å²) in [6, 6.07) is 0.677. The minimum absolute atomic E-state index is 0. The zero-order valence-corrected chi connectivity index (χ0v) is 17.7. The fourth-order valence-electron chi connectivity index (χ4n) is 4.11. The van der Waals surface area contributed by atoms with Crippen molar-refractivity contribution in [3.8, 4) is 0 Å². The highest BCUT2D eigenvalue weighted by molar-refractivity contribution is 14.0. The molecular formula is C18H35IN4O. The van der Waals surface area contributed by atoms with Crippen molar-refractivity contribution in [3.05, 3.63) is 0 Å². The molecule has 0 aromatic rings. The number of guanidine groups is 1. The van der Waals surface area contributed by atoms with Crippen LogP contribution < -0.4 is 10.6 Å². The number of ether oxygens (including phenoxy) is 1. The van der Waals surface area contributed by atoms with Gasteiger partial charge in [0.2, 0.25) is 0 Å². The van der Waals surface area contributed by atoms with Gasteiger partial charge < -0.3 is 15.4 Å². The number of fused-ring (bicyclic) bond motifs is 1. The van der Waals surface area contributed by atoms with E-state index in [0.29, 0.717) is 11.5 Å². The van der Waals surface area contributed by atoms with Gasteiger partial charge in [0.25, 0.3) is 0 Å². The molecule has 24 heavy (non-hydrogen) atoms. The molecule has 3 aliphatic rings. The number of hydrogen-bond donors (Lipinski definition) is 2. The quantitative estimate of drug-likeness (QED) is 0.371. The van der Waals surface area contributed by atoms with E-state index >= 15 is 0 Å². The summed E-state index contributed by atoms with van der Waals surface area (Å²) < 4.78 is 6.03. The topological polar surface area (TPSA) is 48.9 Å². The fourth-order valence-corrected chi connectivity index (χ4v) is 4.11. The Labute approximate surface area is 164 Å². The van der Waals surface area contributed by atoms with Crippen LogP contribution >= 0.6 is 24.0 Å². The van der Waals surface area contributed by atoms with E-state index in [4.69, 9.17) is 9.73 Å². The molecule has 5 nitrogen and oxygen atoms in total. The molecule has 1 aliphatic carbocycles. The Morgan fingerprint density at radius 2 is 2.08 bits per heavy atom. The number of nitrogens with one attached hydrogen (secondary N) is 2. The predicted octanol–water partition coefficient (Wildman–Crippen LogP) is 2.60. The summed E-state index contributed by atoms with van der Waals surface area (Å²) in [7, 11) is 0. The first-order valence-corrected chi connectivity index (χ1v) is 9.62. The lowest BCUT2D eigenvalue weighted by Crippen LogP contribution is -2.51. The average molecular weight is 450 g/mol. The molecule has 0 amide bonds. The van der Waals surface area contributed by atoms with Gasteiger partial charge in [-0.25, -0.2) is 0 Å². The predicted molar refractivity (Wildman–Crippen MR) is 110 cm³/mol. The van der Waals surface area contributed by atoms with E-state index in [9.17, 15) is 0 Å². The SMILES string of the molecule is CCNC(=NCC1(CC)CCC1)NCC1CN2CCCC2CO1.I. The Morgan fingerprint density at radius 1 is 1.25 bits per heavy atom. The molecule has 1 saturated carbocycles. The molecule has 0 bridgehead atoms. The molecule has 2 heterocycles. The molecule has 2 atom stereocenters. The molecule has 0 aromatic carbocycles. The lowest BCUT2D eigenvalue weighted by molar-refractivity contribution is -0.0453. The minimum Gasteiger partial charge on any atom is -0.373 e. The van der Waals surface area contributed by atoms with Crippen LogP contribution in [0.4, 0.5) is 0 Å².